The number of hydrogen-bond donors (Lipinski definition) is 0. The van der Waals surface area contributed by atoms with Gasteiger partial charge >= 0.3 is 0 Å². The molecule has 36 heavy (non-hydrogen) atoms. The maximum absolute atomic E-state index is 5.14. The molecule has 0 N–H and O–H groups in total. The molecule has 3 aromatic heterocycles. The highest BCUT2D eigenvalue weighted by molar-refractivity contribution is 7.26. The minimum atomic E-state index is 0.912. The Bertz CT molecular complexity index is 1900. The zero-order chi connectivity index (χ0) is 24.2. The number of hydrogen-bond acceptors (Lipinski definition) is 3. The van der Waals surface area contributed by atoms with Gasteiger partial charge < -0.3 is 0 Å². The first-order valence-corrected chi connectivity index (χ1v) is 12.9. The number of imidazole rings is 1. The number of rotatable bonds is 3. The maximum Gasteiger partial charge on any atom is 0.147 e. The highest BCUT2D eigenvalue weighted by Crippen LogP contribution is 2.43. The van der Waals surface area contributed by atoms with E-state index in [-0.39, 0.29) is 0 Å². The molecule has 0 fully saturated rings. The van der Waals surface area contributed by atoms with Gasteiger partial charge in [-0.2, -0.15) is 0 Å². The topological polar surface area (TPSA) is 30.7 Å². The Labute approximate surface area is 213 Å². The van der Waals surface area contributed by atoms with E-state index in [1.807, 2.05) is 23.7 Å². The largest absolute Gasteiger partial charge is 0.292 e. The Morgan fingerprint density at radius 3 is 2.31 bits per heavy atom. The van der Waals surface area contributed by atoms with Crippen LogP contribution in [-0.4, -0.2) is 14.5 Å². The molecule has 0 bridgehead atoms. The van der Waals surface area contributed by atoms with Crippen molar-refractivity contribution in [2.45, 2.75) is 13.8 Å². The molecule has 0 saturated heterocycles. The summed E-state index contributed by atoms with van der Waals surface area (Å²) in [6, 6.07) is 32.4. The first-order valence-electron chi connectivity index (χ1n) is 12.1. The van der Waals surface area contributed by atoms with Crippen LogP contribution in [-0.2, 0) is 0 Å². The summed E-state index contributed by atoms with van der Waals surface area (Å²) in [4.78, 5) is 9.57. The van der Waals surface area contributed by atoms with E-state index >= 15 is 0 Å². The van der Waals surface area contributed by atoms with Crippen molar-refractivity contribution >= 4 is 42.5 Å². The molecule has 0 spiro atoms. The smallest absolute Gasteiger partial charge is 0.147 e. The van der Waals surface area contributed by atoms with Gasteiger partial charge in [0.05, 0.1) is 11.7 Å². The van der Waals surface area contributed by atoms with E-state index < -0.39 is 0 Å². The van der Waals surface area contributed by atoms with Crippen LogP contribution in [0.1, 0.15) is 11.1 Å². The van der Waals surface area contributed by atoms with Crippen LogP contribution in [0.4, 0.5) is 0 Å². The van der Waals surface area contributed by atoms with Crippen molar-refractivity contribution in [3.8, 4) is 28.2 Å². The van der Waals surface area contributed by atoms with Crippen LogP contribution in [0.5, 0.6) is 0 Å². The number of benzene rings is 4. The summed E-state index contributed by atoms with van der Waals surface area (Å²) in [5.74, 6) is 0.951. The molecule has 0 saturated carbocycles. The van der Waals surface area contributed by atoms with E-state index in [9.17, 15) is 0 Å². The second-order valence-electron chi connectivity index (χ2n) is 9.24. The molecule has 172 valence electrons. The minimum absolute atomic E-state index is 0.912. The van der Waals surface area contributed by atoms with Crippen molar-refractivity contribution in [3.63, 3.8) is 0 Å². The van der Waals surface area contributed by atoms with Gasteiger partial charge in [0.25, 0.3) is 0 Å². The molecular formula is C32H23N3S. The Kier molecular flexibility index (Phi) is 4.76. The third-order valence-corrected chi connectivity index (χ3v) is 8.12. The molecule has 0 aliphatic heterocycles. The monoisotopic (exact) mass is 481 g/mol. The predicted octanol–water partition coefficient (Wildman–Crippen LogP) is 8.74. The Balaban J connectivity index is 1.54. The summed E-state index contributed by atoms with van der Waals surface area (Å²) in [7, 11) is 0. The lowest BCUT2D eigenvalue weighted by Gasteiger charge is -2.12. The number of nitrogens with zero attached hydrogens (tertiary/aromatic N) is 3. The lowest BCUT2D eigenvalue weighted by Crippen LogP contribution is -1.99. The summed E-state index contributed by atoms with van der Waals surface area (Å²) in [5, 5.41) is 2.61. The van der Waals surface area contributed by atoms with E-state index in [0.29, 0.717) is 0 Å². The van der Waals surface area contributed by atoms with E-state index in [0.717, 1.165) is 33.7 Å². The highest BCUT2D eigenvalue weighted by Gasteiger charge is 2.20. The molecule has 4 aromatic carbocycles. The average molecular weight is 482 g/mol. The van der Waals surface area contributed by atoms with E-state index in [2.05, 4.69) is 114 Å². The zero-order valence-corrected chi connectivity index (χ0v) is 20.9. The fraction of sp³-hybridized carbons (Fsp3) is 0.0625. The number of aromatic nitrogens is 3. The fourth-order valence-corrected chi connectivity index (χ4v) is 6.56. The quantitative estimate of drug-likeness (QED) is 0.253. The number of para-hydroxylation sites is 1. The second-order valence-corrected chi connectivity index (χ2v) is 10.3. The number of pyridine rings is 1. The lowest BCUT2D eigenvalue weighted by atomic mass is 10.0. The number of fused-ring (bicyclic) bond motifs is 4. The van der Waals surface area contributed by atoms with Gasteiger partial charge in [0, 0.05) is 37.6 Å². The third kappa shape index (κ3) is 3.19. The standard InChI is InChI=1S/C32H23N3S/c1-20-13-15-26(31-29(20)25-16-14-23(17-28(25)36-31)22-9-5-3-6-10-22)32-34-27-19-33-18-21(2)30(27)35(32)24-11-7-4-8-12-24/h3-19H,1-2H3. The first kappa shape index (κ1) is 21.0. The summed E-state index contributed by atoms with van der Waals surface area (Å²) >= 11 is 1.86. The molecule has 7 rings (SSSR count). The Morgan fingerprint density at radius 1 is 0.722 bits per heavy atom. The number of aryl methyl sites for hydroxylation is 2. The van der Waals surface area contributed by atoms with Gasteiger partial charge in [-0.3, -0.25) is 9.55 Å². The summed E-state index contributed by atoms with van der Waals surface area (Å²) in [6.07, 6.45) is 3.79. The van der Waals surface area contributed by atoms with Crippen molar-refractivity contribution in [2.24, 2.45) is 0 Å². The minimum Gasteiger partial charge on any atom is -0.292 e. The van der Waals surface area contributed by atoms with Gasteiger partial charge in [0.15, 0.2) is 0 Å². The molecule has 0 aliphatic carbocycles. The van der Waals surface area contributed by atoms with Crippen LogP contribution in [0.25, 0.3) is 59.4 Å². The van der Waals surface area contributed by atoms with E-state index in [1.165, 1.54) is 36.9 Å². The Hall–Kier alpha value is -4.28. The van der Waals surface area contributed by atoms with Crippen LogP contribution in [0.15, 0.2) is 103 Å². The van der Waals surface area contributed by atoms with Gasteiger partial charge in [0.2, 0.25) is 0 Å². The Morgan fingerprint density at radius 2 is 1.50 bits per heavy atom. The normalized spacial score (nSPS) is 11.6. The molecule has 0 amide bonds. The molecule has 3 nitrogen and oxygen atoms in total. The van der Waals surface area contributed by atoms with Gasteiger partial charge in [0.1, 0.15) is 11.3 Å². The molecule has 0 unspecified atom stereocenters. The summed E-state index contributed by atoms with van der Waals surface area (Å²) < 4.78 is 4.85. The van der Waals surface area contributed by atoms with Gasteiger partial charge in [-0.05, 0) is 60.4 Å². The van der Waals surface area contributed by atoms with Gasteiger partial charge in [-0.25, -0.2) is 4.98 Å². The molecule has 4 heteroatoms. The molecule has 0 aliphatic rings. The molecule has 0 radical (unpaired) electrons. The van der Waals surface area contributed by atoms with Crippen molar-refractivity contribution in [1.82, 2.24) is 14.5 Å². The number of thiophene rings is 1. The van der Waals surface area contributed by atoms with Crippen molar-refractivity contribution in [2.75, 3.05) is 0 Å². The molecule has 0 atom stereocenters. The zero-order valence-electron chi connectivity index (χ0n) is 20.1. The highest BCUT2D eigenvalue weighted by atomic mass is 32.1. The fourth-order valence-electron chi connectivity index (χ4n) is 5.23. The maximum atomic E-state index is 5.14. The van der Waals surface area contributed by atoms with E-state index in [1.54, 1.807) is 0 Å². The summed E-state index contributed by atoms with van der Waals surface area (Å²) in [6.45, 7) is 4.31. The molecule has 3 heterocycles. The van der Waals surface area contributed by atoms with Crippen molar-refractivity contribution in [1.29, 1.82) is 0 Å². The first-order chi connectivity index (χ1) is 17.7. The van der Waals surface area contributed by atoms with Crippen LogP contribution < -0.4 is 0 Å². The van der Waals surface area contributed by atoms with Gasteiger partial charge in [-0.1, -0.05) is 66.7 Å². The lowest BCUT2D eigenvalue weighted by molar-refractivity contribution is 1.10. The van der Waals surface area contributed by atoms with Gasteiger partial charge in [-0.15, -0.1) is 11.3 Å². The average Bonchev–Trinajstić information content (AvgIpc) is 3.50. The third-order valence-electron chi connectivity index (χ3n) is 6.93. The van der Waals surface area contributed by atoms with Crippen molar-refractivity contribution in [3.05, 3.63) is 115 Å². The molecule has 7 aromatic rings. The van der Waals surface area contributed by atoms with Crippen LogP contribution in [0, 0.1) is 13.8 Å². The molecular weight excluding hydrogens is 458 g/mol. The van der Waals surface area contributed by atoms with Crippen molar-refractivity contribution < 1.29 is 0 Å². The summed E-state index contributed by atoms with van der Waals surface area (Å²) in [5.41, 5.74) is 9.15. The predicted molar refractivity (Wildman–Crippen MR) is 152 cm³/mol. The van der Waals surface area contributed by atoms with Crippen LogP contribution in [0.3, 0.4) is 0 Å². The van der Waals surface area contributed by atoms with E-state index in [4.69, 9.17) is 4.98 Å². The SMILES string of the molecule is Cc1ccc(-c2nc3cncc(C)c3n2-c2ccccc2)c2sc3cc(-c4ccccc4)ccc3c12. The van der Waals surface area contributed by atoms with Crippen LogP contribution >= 0.6 is 11.3 Å². The van der Waals surface area contributed by atoms with Crippen LogP contribution in [0.2, 0.25) is 0 Å². The second kappa shape index (κ2) is 8.14.